The summed E-state index contributed by atoms with van der Waals surface area (Å²) >= 11 is 0. The van der Waals surface area contributed by atoms with Crippen LogP contribution in [0.2, 0.25) is 0 Å². The summed E-state index contributed by atoms with van der Waals surface area (Å²) in [5, 5.41) is 19.0. The van der Waals surface area contributed by atoms with E-state index in [1.807, 2.05) is 0 Å². The fourth-order valence-electron chi connectivity index (χ4n) is 3.30. The number of nitrogens with zero attached hydrogens (tertiary/aromatic N) is 2. The Morgan fingerprint density at radius 3 is 2.25 bits per heavy atom. The predicted octanol–water partition coefficient (Wildman–Crippen LogP) is 1.22. The van der Waals surface area contributed by atoms with Gasteiger partial charge in [0.15, 0.2) is 0 Å². The van der Waals surface area contributed by atoms with Crippen LogP contribution in [0.1, 0.15) is 22.3 Å². The van der Waals surface area contributed by atoms with Crippen molar-refractivity contribution in [3.63, 3.8) is 0 Å². The topological polar surface area (TPSA) is 75.3 Å². The summed E-state index contributed by atoms with van der Waals surface area (Å²) in [6, 6.07) is 4.63. The molecule has 4 rings (SSSR count). The fourth-order valence-corrected chi connectivity index (χ4v) is 3.30. The molecule has 0 aromatic heterocycles. The van der Waals surface area contributed by atoms with E-state index in [0.717, 1.165) is 28.9 Å². The maximum absolute atomic E-state index is 9.59. The summed E-state index contributed by atoms with van der Waals surface area (Å²) in [6.45, 7) is 1.89. The molecule has 3 aliphatic heterocycles. The first-order valence-electron chi connectivity index (χ1n) is 6.67. The van der Waals surface area contributed by atoms with E-state index in [-0.39, 0.29) is 0 Å². The highest BCUT2D eigenvalue weighted by molar-refractivity contribution is 5.69. The number of rotatable bonds is 1. The highest BCUT2D eigenvalue weighted by atomic mass is 16.5. The molecule has 1 fully saturated rings. The minimum atomic E-state index is -0.639. The Labute approximate surface area is 116 Å². The van der Waals surface area contributed by atoms with Crippen LogP contribution in [0.4, 0.5) is 0 Å². The molecule has 20 heavy (non-hydrogen) atoms. The molecular formula is C15H12N2O3. The van der Waals surface area contributed by atoms with Crippen molar-refractivity contribution < 1.29 is 14.2 Å². The van der Waals surface area contributed by atoms with Crippen molar-refractivity contribution in [3.05, 3.63) is 22.3 Å². The molecule has 0 atom stereocenters. The average molecular weight is 268 g/mol. The molecule has 0 amide bonds. The van der Waals surface area contributed by atoms with Crippen LogP contribution >= 0.6 is 0 Å². The van der Waals surface area contributed by atoms with E-state index in [0.29, 0.717) is 44.2 Å². The number of nitriles is 2. The van der Waals surface area contributed by atoms with Gasteiger partial charge in [0.25, 0.3) is 0 Å². The molecule has 0 aliphatic carbocycles. The molecule has 1 aromatic carbocycles. The van der Waals surface area contributed by atoms with Crippen LogP contribution in [0, 0.1) is 22.7 Å². The predicted molar refractivity (Wildman–Crippen MR) is 67.7 cm³/mol. The second-order valence-corrected chi connectivity index (χ2v) is 5.36. The molecule has 1 saturated heterocycles. The van der Waals surface area contributed by atoms with Gasteiger partial charge < -0.3 is 14.2 Å². The lowest BCUT2D eigenvalue weighted by molar-refractivity contribution is -0.0310. The highest BCUT2D eigenvalue weighted by Gasteiger charge is 2.48. The maximum Gasteiger partial charge on any atom is 0.141 e. The Bertz CT molecular complexity index is 658. The summed E-state index contributed by atoms with van der Waals surface area (Å²) in [5.41, 5.74) is 2.71. The summed E-state index contributed by atoms with van der Waals surface area (Å²) in [5.74, 6) is 1.39. The van der Waals surface area contributed by atoms with Crippen molar-refractivity contribution in [3.8, 4) is 23.6 Å². The van der Waals surface area contributed by atoms with Crippen molar-refractivity contribution in [2.45, 2.75) is 18.3 Å². The molecule has 0 N–H and O–H groups in total. The second kappa shape index (κ2) is 3.88. The molecule has 5 nitrogen and oxygen atoms in total. The third kappa shape index (κ3) is 1.23. The van der Waals surface area contributed by atoms with Crippen LogP contribution in [-0.2, 0) is 23.0 Å². The molecule has 0 saturated carbocycles. The molecular weight excluding hydrogens is 256 g/mol. The average Bonchev–Trinajstić information content (AvgIpc) is 3.05. The van der Waals surface area contributed by atoms with Crippen LogP contribution in [0.3, 0.4) is 0 Å². The first kappa shape index (κ1) is 11.6. The van der Waals surface area contributed by atoms with Crippen molar-refractivity contribution >= 4 is 0 Å². The fraction of sp³-hybridized carbons (Fsp3) is 0.467. The van der Waals surface area contributed by atoms with Crippen molar-refractivity contribution in [2.75, 3.05) is 26.4 Å². The summed E-state index contributed by atoms with van der Waals surface area (Å²) in [4.78, 5) is 0. The minimum absolute atomic E-state index is 0.387. The molecule has 3 aliphatic rings. The Morgan fingerprint density at radius 2 is 1.65 bits per heavy atom. The Morgan fingerprint density at radius 1 is 0.950 bits per heavy atom. The van der Waals surface area contributed by atoms with Gasteiger partial charge in [-0.2, -0.15) is 10.5 Å². The van der Waals surface area contributed by atoms with Gasteiger partial charge in [-0.25, -0.2) is 0 Å². The van der Waals surface area contributed by atoms with E-state index in [1.54, 1.807) is 0 Å². The lowest BCUT2D eigenvalue weighted by Gasteiger charge is -2.37. The van der Waals surface area contributed by atoms with Gasteiger partial charge >= 0.3 is 0 Å². The normalized spacial score (nSPS) is 20.7. The van der Waals surface area contributed by atoms with Crippen molar-refractivity contribution in [1.29, 1.82) is 10.5 Å². The molecule has 1 aromatic rings. The third-order valence-corrected chi connectivity index (χ3v) is 4.30. The maximum atomic E-state index is 9.59. The molecule has 5 heteroatoms. The van der Waals surface area contributed by atoms with Gasteiger partial charge in [-0.3, -0.25) is 0 Å². The van der Waals surface area contributed by atoms with E-state index in [2.05, 4.69) is 12.1 Å². The summed E-state index contributed by atoms with van der Waals surface area (Å²) < 4.78 is 16.7. The van der Waals surface area contributed by atoms with E-state index < -0.39 is 5.41 Å². The van der Waals surface area contributed by atoms with Gasteiger partial charge in [0.2, 0.25) is 0 Å². The smallest absolute Gasteiger partial charge is 0.141 e. The van der Waals surface area contributed by atoms with Crippen molar-refractivity contribution in [1.82, 2.24) is 0 Å². The molecule has 0 spiro atoms. The molecule has 0 bridgehead atoms. The van der Waals surface area contributed by atoms with Crippen molar-refractivity contribution in [2.24, 2.45) is 0 Å². The zero-order valence-corrected chi connectivity index (χ0v) is 10.9. The number of benzene rings is 1. The zero-order chi connectivity index (χ0) is 13.7. The Hall–Kier alpha value is -2.24. The van der Waals surface area contributed by atoms with E-state index >= 15 is 0 Å². The van der Waals surface area contributed by atoms with E-state index in [4.69, 9.17) is 14.2 Å². The van der Waals surface area contributed by atoms with Gasteiger partial charge in [0.1, 0.15) is 28.5 Å². The third-order valence-electron chi connectivity index (χ3n) is 4.30. The van der Waals surface area contributed by atoms with Gasteiger partial charge in [-0.15, -0.1) is 0 Å². The van der Waals surface area contributed by atoms with Crippen LogP contribution in [-0.4, -0.2) is 26.4 Å². The number of hydrogen-bond donors (Lipinski definition) is 0. The standard InChI is InChI=1S/C15H12N2O3/c16-5-11-9-1-3-20-14(9)12(10-2-4-19-13(10)11)15(6-17)7-18-8-15/h1-4,7-8H2. The summed E-state index contributed by atoms with van der Waals surface area (Å²) in [6.07, 6.45) is 1.42. The van der Waals surface area contributed by atoms with Gasteiger partial charge in [-0.1, -0.05) is 0 Å². The summed E-state index contributed by atoms with van der Waals surface area (Å²) in [7, 11) is 0. The Balaban J connectivity index is 2.06. The largest absolute Gasteiger partial charge is 0.493 e. The van der Waals surface area contributed by atoms with Crippen LogP contribution in [0.25, 0.3) is 0 Å². The highest BCUT2D eigenvalue weighted by Crippen LogP contribution is 2.50. The molecule has 100 valence electrons. The number of fused-ring (bicyclic) bond motifs is 2. The van der Waals surface area contributed by atoms with Gasteiger partial charge in [0, 0.05) is 29.5 Å². The molecule has 3 heterocycles. The monoisotopic (exact) mass is 268 g/mol. The van der Waals surface area contributed by atoms with Crippen LogP contribution in [0.15, 0.2) is 0 Å². The molecule has 0 unspecified atom stereocenters. The quantitative estimate of drug-likeness (QED) is 0.765. The Kier molecular flexibility index (Phi) is 2.24. The van der Waals surface area contributed by atoms with Gasteiger partial charge in [0.05, 0.1) is 32.5 Å². The van der Waals surface area contributed by atoms with E-state index in [1.165, 1.54) is 0 Å². The molecule has 0 radical (unpaired) electrons. The zero-order valence-electron chi connectivity index (χ0n) is 10.9. The first-order valence-corrected chi connectivity index (χ1v) is 6.67. The minimum Gasteiger partial charge on any atom is -0.493 e. The van der Waals surface area contributed by atoms with E-state index in [9.17, 15) is 10.5 Å². The lowest BCUT2D eigenvalue weighted by Crippen LogP contribution is -2.46. The number of ether oxygens (including phenoxy) is 3. The first-order chi connectivity index (χ1) is 9.80. The van der Waals surface area contributed by atoms with Crippen LogP contribution in [0.5, 0.6) is 11.5 Å². The van der Waals surface area contributed by atoms with Gasteiger partial charge in [-0.05, 0) is 0 Å². The number of hydrogen-bond acceptors (Lipinski definition) is 5. The SMILES string of the molecule is N#Cc1c2c(c(C3(C#N)COC3)c3c1OCC3)OCC2. The lowest BCUT2D eigenvalue weighted by atomic mass is 9.75. The van der Waals surface area contributed by atoms with Crippen LogP contribution < -0.4 is 9.47 Å². The second-order valence-electron chi connectivity index (χ2n) is 5.36.